The maximum absolute atomic E-state index is 12.1. The summed E-state index contributed by atoms with van der Waals surface area (Å²) in [6, 6.07) is 4.39. The normalized spacial score (nSPS) is 21.0. The summed E-state index contributed by atoms with van der Waals surface area (Å²) < 4.78 is 22.2. The number of carboxylic acid groups (broad SMARTS) is 2. The first-order valence-corrected chi connectivity index (χ1v) is 8.99. The molecule has 0 fully saturated rings. The molecule has 0 heterocycles. The van der Waals surface area contributed by atoms with E-state index < -0.39 is 39.7 Å². The van der Waals surface area contributed by atoms with Gasteiger partial charge in [-0.2, -0.15) is 0 Å². The van der Waals surface area contributed by atoms with Gasteiger partial charge in [-0.05, 0) is 42.7 Å². The first-order chi connectivity index (χ1) is 12.1. The predicted molar refractivity (Wildman–Crippen MR) is 95.1 cm³/mol. The van der Waals surface area contributed by atoms with Crippen LogP contribution in [0.15, 0.2) is 41.5 Å². The van der Waals surface area contributed by atoms with Gasteiger partial charge in [-0.25, -0.2) is 4.79 Å². The SMILES string of the molecule is CC1=CC(Cc2cc(Cl)ccc2CS(=O)[O-])(C(=O)O)C(=N)C(C(=O)O)=C1. The highest BCUT2D eigenvalue weighted by Gasteiger charge is 2.46. The topological polar surface area (TPSA) is 139 Å². The molecular formula is C17H15ClNO6S-. The third kappa shape index (κ3) is 3.92. The molecule has 0 aromatic heterocycles. The number of hydrogen-bond acceptors (Lipinski definition) is 5. The second-order valence-electron chi connectivity index (χ2n) is 5.94. The number of nitrogens with one attached hydrogen (secondary N) is 1. The van der Waals surface area contributed by atoms with Crippen LogP contribution in [-0.2, 0) is 32.8 Å². The molecule has 0 bridgehead atoms. The Kier molecular flexibility index (Phi) is 5.80. The maximum Gasteiger partial charge on any atom is 0.337 e. The molecule has 0 saturated heterocycles. The smallest absolute Gasteiger partial charge is 0.337 e. The van der Waals surface area contributed by atoms with E-state index in [0.717, 1.165) is 0 Å². The van der Waals surface area contributed by atoms with Crippen molar-refractivity contribution in [2.75, 3.05) is 0 Å². The first kappa shape index (κ1) is 20.0. The van der Waals surface area contributed by atoms with Gasteiger partial charge >= 0.3 is 11.9 Å². The molecule has 1 aliphatic rings. The van der Waals surface area contributed by atoms with Crippen molar-refractivity contribution < 1.29 is 28.6 Å². The number of hydrogen-bond donors (Lipinski definition) is 3. The molecule has 2 unspecified atom stereocenters. The minimum atomic E-state index is -2.41. The highest BCUT2D eigenvalue weighted by Crippen LogP contribution is 2.37. The highest BCUT2D eigenvalue weighted by molar-refractivity contribution is 7.78. The number of rotatable bonds is 6. The number of allylic oxidation sites excluding steroid dienone is 2. The summed E-state index contributed by atoms with van der Waals surface area (Å²) in [7, 11) is 0. The lowest BCUT2D eigenvalue weighted by atomic mass is 9.70. The van der Waals surface area contributed by atoms with Gasteiger partial charge < -0.3 is 20.2 Å². The van der Waals surface area contributed by atoms with E-state index in [1.165, 1.54) is 30.4 Å². The van der Waals surface area contributed by atoms with E-state index in [0.29, 0.717) is 16.7 Å². The molecule has 3 N–H and O–H groups in total. The quantitative estimate of drug-likeness (QED) is 0.630. The molecule has 7 nitrogen and oxygen atoms in total. The van der Waals surface area contributed by atoms with Gasteiger partial charge in [0.15, 0.2) is 0 Å². The van der Waals surface area contributed by atoms with Crippen LogP contribution < -0.4 is 0 Å². The molecule has 1 aromatic carbocycles. The Morgan fingerprint density at radius 3 is 2.50 bits per heavy atom. The average Bonchev–Trinajstić information content (AvgIpc) is 2.52. The lowest BCUT2D eigenvalue weighted by molar-refractivity contribution is -0.142. The lowest BCUT2D eigenvalue weighted by Crippen LogP contribution is -2.43. The molecular weight excluding hydrogens is 382 g/mol. The average molecular weight is 397 g/mol. The van der Waals surface area contributed by atoms with E-state index in [1.807, 2.05) is 0 Å². The van der Waals surface area contributed by atoms with E-state index in [2.05, 4.69) is 0 Å². The number of carboxylic acids is 2. The van der Waals surface area contributed by atoms with Gasteiger partial charge in [0.2, 0.25) is 0 Å². The number of benzene rings is 1. The van der Waals surface area contributed by atoms with Gasteiger partial charge in [-0.3, -0.25) is 9.00 Å². The largest absolute Gasteiger partial charge is 0.772 e. The third-order valence-electron chi connectivity index (χ3n) is 4.08. The summed E-state index contributed by atoms with van der Waals surface area (Å²) in [5.74, 6) is -3.15. The highest BCUT2D eigenvalue weighted by atomic mass is 35.5. The van der Waals surface area contributed by atoms with Crippen molar-refractivity contribution in [3.63, 3.8) is 0 Å². The molecule has 0 radical (unpaired) electrons. The van der Waals surface area contributed by atoms with Crippen molar-refractivity contribution in [3.8, 4) is 0 Å². The lowest BCUT2D eigenvalue weighted by Gasteiger charge is -2.31. The summed E-state index contributed by atoms with van der Waals surface area (Å²) in [6.45, 7) is 1.54. The molecule has 2 rings (SSSR count). The number of aliphatic carboxylic acids is 2. The van der Waals surface area contributed by atoms with E-state index in [1.54, 1.807) is 6.92 Å². The minimum absolute atomic E-state index is 0.276. The number of halogens is 1. The first-order valence-electron chi connectivity index (χ1n) is 7.37. The van der Waals surface area contributed by atoms with Crippen LogP contribution in [0.5, 0.6) is 0 Å². The Hall–Kier alpha value is -2.29. The fraction of sp³-hybridized carbons (Fsp3) is 0.235. The molecule has 0 amide bonds. The van der Waals surface area contributed by atoms with Crippen LogP contribution in [0.25, 0.3) is 0 Å². The standard InChI is InChI=1S/C17H16ClNO6S/c1-9-4-13(15(20)21)14(19)17(6-9,16(22)23)7-11-5-12(18)3-2-10(11)8-26(24)25/h2-6,19H,7-8H2,1H3,(H,20,21)(H,22,23)(H,24,25)/p-1. The summed E-state index contributed by atoms with van der Waals surface area (Å²) in [4.78, 5) is 23.5. The molecule has 0 aliphatic heterocycles. The Balaban J connectivity index is 2.61. The maximum atomic E-state index is 12.1. The van der Waals surface area contributed by atoms with Crippen LogP contribution in [0.3, 0.4) is 0 Å². The van der Waals surface area contributed by atoms with Gasteiger partial charge in [-0.15, -0.1) is 0 Å². The van der Waals surface area contributed by atoms with Crippen molar-refractivity contribution in [1.82, 2.24) is 0 Å². The summed E-state index contributed by atoms with van der Waals surface area (Å²) in [5.41, 5.74) is -1.87. The van der Waals surface area contributed by atoms with Gasteiger partial charge in [0, 0.05) is 10.8 Å². The van der Waals surface area contributed by atoms with Crippen LogP contribution >= 0.6 is 11.6 Å². The van der Waals surface area contributed by atoms with Gasteiger partial charge in [-0.1, -0.05) is 40.4 Å². The van der Waals surface area contributed by atoms with E-state index in [4.69, 9.17) is 17.0 Å². The molecule has 26 heavy (non-hydrogen) atoms. The van der Waals surface area contributed by atoms with Crippen molar-refractivity contribution in [2.24, 2.45) is 5.41 Å². The van der Waals surface area contributed by atoms with Crippen LogP contribution in [-0.4, -0.2) is 36.6 Å². The molecule has 0 saturated carbocycles. The van der Waals surface area contributed by atoms with Gasteiger partial charge in [0.1, 0.15) is 5.41 Å². The van der Waals surface area contributed by atoms with Crippen molar-refractivity contribution in [2.45, 2.75) is 19.1 Å². The third-order valence-corrected chi connectivity index (χ3v) is 4.87. The molecule has 2 atom stereocenters. The Bertz CT molecular complexity index is 891. The predicted octanol–water partition coefficient (Wildman–Crippen LogP) is 2.32. The monoisotopic (exact) mass is 396 g/mol. The van der Waals surface area contributed by atoms with Crippen LogP contribution in [0.2, 0.25) is 5.02 Å². The fourth-order valence-corrected chi connectivity index (χ4v) is 3.65. The van der Waals surface area contributed by atoms with Crippen molar-refractivity contribution in [3.05, 3.63) is 57.6 Å². The van der Waals surface area contributed by atoms with E-state index >= 15 is 0 Å². The second-order valence-corrected chi connectivity index (χ2v) is 7.27. The van der Waals surface area contributed by atoms with Crippen molar-refractivity contribution >= 4 is 40.3 Å². The molecule has 0 spiro atoms. The molecule has 1 aliphatic carbocycles. The van der Waals surface area contributed by atoms with Crippen molar-refractivity contribution in [1.29, 1.82) is 5.41 Å². The number of carbonyl (C=O) groups is 2. The van der Waals surface area contributed by atoms with Crippen LogP contribution in [0.1, 0.15) is 18.1 Å². The molecule has 9 heteroatoms. The minimum Gasteiger partial charge on any atom is -0.772 e. The second kappa shape index (κ2) is 7.53. The Morgan fingerprint density at radius 2 is 1.96 bits per heavy atom. The summed E-state index contributed by atoms with van der Waals surface area (Å²) in [5, 5.41) is 27.6. The molecule has 1 aromatic rings. The molecule has 138 valence electrons. The van der Waals surface area contributed by atoms with E-state index in [-0.39, 0.29) is 17.2 Å². The van der Waals surface area contributed by atoms with Crippen LogP contribution in [0.4, 0.5) is 0 Å². The zero-order valence-electron chi connectivity index (χ0n) is 13.6. The zero-order chi connectivity index (χ0) is 19.6. The Labute approximate surface area is 156 Å². The summed E-state index contributed by atoms with van der Waals surface area (Å²) in [6.07, 6.45) is 2.25. The summed E-state index contributed by atoms with van der Waals surface area (Å²) >= 11 is 3.55. The Morgan fingerprint density at radius 1 is 1.31 bits per heavy atom. The zero-order valence-corrected chi connectivity index (χ0v) is 15.2. The van der Waals surface area contributed by atoms with Gasteiger partial charge in [0.05, 0.1) is 11.3 Å². The fourth-order valence-electron chi connectivity index (χ4n) is 2.92. The van der Waals surface area contributed by atoms with Gasteiger partial charge in [0.25, 0.3) is 0 Å². The van der Waals surface area contributed by atoms with Crippen LogP contribution in [0, 0.1) is 10.8 Å². The van der Waals surface area contributed by atoms with E-state index in [9.17, 15) is 28.6 Å².